The molecule has 0 atom stereocenters. The number of amidine groups is 1. The van der Waals surface area contributed by atoms with Crippen LogP contribution in [0.15, 0.2) is 29.2 Å². The van der Waals surface area contributed by atoms with E-state index in [9.17, 15) is 4.79 Å². The van der Waals surface area contributed by atoms with Crippen LogP contribution in [-0.4, -0.2) is 18.2 Å². The monoisotopic (exact) mass is 234 g/mol. The minimum Gasteiger partial charge on any atom is -0.497 e. The van der Waals surface area contributed by atoms with Crippen LogP contribution in [0.5, 0.6) is 5.75 Å². The van der Waals surface area contributed by atoms with E-state index in [-0.39, 0.29) is 11.1 Å². The first-order valence-corrected chi connectivity index (χ1v) is 5.44. The van der Waals surface area contributed by atoms with Gasteiger partial charge in [0.15, 0.2) is 5.17 Å². The van der Waals surface area contributed by atoms with Crippen LogP contribution < -0.4 is 10.1 Å². The van der Waals surface area contributed by atoms with E-state index >= 15 is 0 Å². The summed E-state index contributed by atoms with van der Waals surface area (Å²) < 4.78 is 5.09. The van der Waals surface area contributed by atoms with Crippen molar-refractivity contribution >= 4 is 28.9 Å². The van der Waals surface area contributed by atoms with Crippen molar-refractivity contribution in [3.05, 3.63) is 34.7 Å². The zero-order valence-electron chi connectivity index (χ0n) is 8.61. The third kappa shape index (κ3) is 2.25. The predicted molar refractivity (Wildman–Crippen MR) is 64.4 cm³/mol. The first kappa shape index (κ1) is 10.8. The maximum Gasteiger partial charge on any atom is 0.264 e. The molecular weight excluding hydrogens is 224 g/mol. The summed E-state index contributed by atoms with van der Waals surface area (Å²) >= 11 is 1.12. The summed E-state index contributed by atoms with van der Waals surface area (Å²) in [5, 5.41) is 9.91. The van der Waals surface area contributed by atoms with Gasteiger partial charge in [-0.3, -0.25) is 10.2 Å². The molecule has 1 aliphatic heterocycles. The van der Waals surface area contributed by atoms with Gasteiger partial charge < -0.3 is 10.1 Å². The number of thioether (sulfide) groups is 1. The first-order valence-electron chi connectivity index (χ1n) is 4.62. The maximum absolute atomic E-state index is 11.4. The Balaban J connectivity index is 2.28. The number of carbonyl (C=O) groups excluding carboxylic acids is 1. The van der Waals surface area contributed by atoms with Crippen LogP contribution in [-0.2, 0) is 4.79 Å². The highest BCUT2D eigenvalue weighted by molar-refractivity contribution is 8.18. The van der Waals surface area contributed by atoms with E-state index in [1.54, 1.807) is 13.2 Å². The van der Waals surface area contributed by atoms with Crippen LogP contribution >= 0.6 is 11.8 Å². The lowest BCUT2D eigenvalue weighted by atomic mass is 10.2. The summed E-state index contributed by atoms with van der Waals surface area (Å²) in [6, 6.07) is 7.41. The van der Waals surface area contributed by atoms with E-state index in [2.05, 4.69) is 5.32 Å². The number of methoxy groups -OCH3 is 1. The van der Waals surface area contributed by atoms with Crippen molar-refractivity contribution < 1.29 is 9.53 Å². The lowest BCUT2D eigenvalue weighted by molar-refractivity contribution is -0.115. The number of rotatable bonds is 2. The molecule has 1 fully saturated rings. The highest BCUT2D eigenvalue weighted by Gasteiger charge is 2.21. The van der Waals surface area contributed by atoms with E-state index < -0.39 is 0 Å². The maximum atomic E-state index is 11.4. The largest absolute Gasteiger partial charge is 0.497 e. The summed E-state index contributed by atoms with van der Waals surface area (Å²) in [5.41, 5.74) is 0.881. The molecule has 1 amide bonds. The number of ether oxygens (including phenoxy) is 1. The SMILES string of the molecule is COc1cccc(/C=C2/SC(=N)NC2=O)c1. The molecule has 1 saturated heterocycles. The highest BCUT2D eigenvalue weighted by atomic mass is 32.2. The van der Waals surface area contributed by atoms with Crippen LogP contribution in [0.2, 0.25) is 0 Å². The number of nitrogens with one attached hydrogen (secondary N) is 2. The van der Waals surface area contributed by atoms with E-state index in [0.717, 1.165) is 23.1 Å². The second-order valence-electron chi connectivity index (χ2n) is 3.17. The summed E-state index contributed by atoms with van der Waals surface area (Å²) in [6.07, 6.45) is 1.74. The molecule has 0 aliphatic carbocycles. The molecule has 16 heavy (non-hydrogen) atoms. The van der Waals surface area contributed by atoms with E-state index in [0.29, 0.717) is 4.91 Å². The summed E-state index contributed by atoms with van der Waals surface area (Å²) in [4.78, 5) is 11.9. The molecule has 2 rings (SSSR count). The number of amides is 1. The second kappa shape index (κ2) is 4.40. The molecule has 0 saturated carbocycles. The summed E-state index contributed by atoms with van der Waals surface area (Å²) in [7, 11) is 1.60. The molecule has 82 valence electrons. The molecule has 0 unspecified atom stereocenters. The fourth-order valence-electron chi connectivity index (χ4n) is 1.32. The molecule has 1 aromatic rings. The van der Waals surface area contributed by atoms with Gasteiger partial charge in [-0.25, -0.2) is 0 Å². The van der Waals surface area contributed by atoms with Crippen LogP contribution in [0.4, 0.5) is 0 Å². The third-order valence-corrected chi connectivity index (χ3v) is 2.88. The van der Waals surface area contributed by atoms with Crippen LogP contribution in [0, 0.1) is 5.41 Å². The minimum absolute atomic E-state index is 0.166. The van der Waals surface area contributed by atoms with Gasteiger partial charge in [-0.05, 0) is 35.5 Å². The molecule has 0 aromatic heterocycles. The van der Waals surface area contributed by atoms with Gasteiger partial charge in [0.1, 0.15) is 5.75 Å². The summed E-state index contributed by atoms with van der Waals surface area (Å²) in [6.45, 7) is 0. The Bertz CT molecular complexity index is 483. The van der Waals surface area contributed by atoms with Crippen molar-refractivity contribution in [2.75, 3.05) is 7.11 Å². The van der Waals surface area contributed by atoms with E-state index in [1.807, 2.05) is 24.3 Å². The van der Waals surface area contributed by atoms with Crippen LogP contribution in [0.25, 0.3) is 6.08 Å². The van der Waals surface area contributed by atoms with Crippen LogP contribution in [0.1, 0.15) is 5.56 Å². The summed E-state index contributed by atoms with van der Waals surface area (Å²) in [5.74, 6) is 0.519. The van der Waals surface area contributed by atoms with Gasteiger partial charge in [-0.1, -0.05) is 12.1 Å². The topological polar surface area (TPSA) is 62.2 Å². The molecule has 0 radical (unpaired) electrons. The molecule has 5 heteroatoms. The highest BCUT2D eigenvalue weighted by Crippen LogP contribution is 2.25. The lowest BCUT2D eigenvalue weighted by Crippen LogP contribution is -2.18. The zero-order chi connectivity index (χ0) is 11.5. The molecular formula is C11H10N2O2S. The van der Waals surface area contributed by atoms with Crippen molar-refractivity contribution in [1.29, 1.82) is 5.41 Å². The van der Waals surface area contributed by atoms with Gasteiger partial charge in [-0.15, -0.1) is 0 Å². The molecule has 4 nitrogen and oxygen atoms in total. The Hall–Kier alpha value is -1.75. The number of hydrogen-bond acceptors (Lipinski definition) is 4. The Morgan fingerprint density at radius 1 is 1.50 bits per heavy atom. The smallest absolute Gasteiger partial charge is 0.264 e. The average molecular weight is 234 g/mol. The van der Waals surface area contributed by atoms with Crippen molar-refractivity contribution in [3.63, 3.8) is 0 Å². The molecule has 1 aliphatic rings. The molecule has 1 aromatic carbocycles. The van der Waals surface area contributed by atoms with Gasteiger partial charge >= 0.3 is 0 Å². The lowest BCUT2D eigenvalue weighted by Gasteiger charge is -2.00. The van der Waals surface area contributed by atoms with Gasteiger partial charge in [0.05, 0.1) is 12.0 Å². The minimum atomic E-state index is -0.224. The van der Waals surface area contributed by atoms with Crippen molar-refractivity contribution in [2.24, 2.45) is 0 Å². The fraction of sp³-hybridized carbons (Fsp3) is 0.0909. The predicted octanol–water partition coefficient (Wildman–Crippen LogP) is 1.83. The zero-order valence-corrected chi connectivity index (χ0v) is 9.43. The Labute approximate surface area is 97.2 Å². The Kier molecular flexibility index (Phi) is 2.96. The quantitative estimate of drug-likeness (QED) is 0.767. The van der Waals surface area contributed by atoms with Crippen molar-refractivity contribution in [3.8, 4) is 5.75 Å². The Morgan fingerprint density at radius 3 is 2.94 bits per heavy atom. The standard InChI is InChI=1S/C11H10N2O2S/c1-15-8-4-2-3-7(5-8)6-9-10(14)13-11(12)16-9/h2-6H,1H3,(H2,12,13,14)/b9-6+. The molecule has 1 heterocycles. The average Bonchev–Trinajstić information content (AvgIpc) is 2.58. The van der Waals surface area contributed by atoms with Gasteiger partial charge in [0.2, 0.25) is 0 Å². The molecule has 0 bridgehead atoms. The number of hydrogen-bond donors (Lipinski definition) is 2. The van der Waals surface area contributed by atoms with Crippen molar-refractivity contribution in [2.45, 2.75) is 0 Å². The van der Waals surface area contributed by atoms with E-state index in [4.69, 9.17) is 10.1 Å². The normalized spacial score (nSPS) is 17.7. The Morgan fingerprint density at radius 2 is 2.31 bits per heavy atom. The molecule has 2 N–H and O–H groups in total. The van der Waals surface area contributed by atoms with Gasteiger partial charge in [-0.2, -0.15) is 0 Å². The number of carbonyl (C=O) groups is 1. The third-order valence-electron chi connectivity index (χ3n) is 2.05. The fourth-order valence-corrected chi connectivity index (χ4v) is 2.03. The first-order chi connectivity index (χ1) is 7.69. The second-order valence-corrected chi connectivity index (χ2v) is 4.22. The molecule has 0 spiro atoms. The van der Waals surface area contributed by atoms with E-state index in [1.165, 1.54) is 0 Å². The van der Waals surface area contributed by atoms with Gasteiger partial charge in [0, 0.05) is 0 Å². The van der Waals surface area contributed by atoms with Crippen LogP contribution in [0.3, 0.4) is 0 Å². The van der Waals surface area contributed by atoms with Gasteiger partial charge in [0.25, 0.3) is 5.91 Å². The van der Waals surface area contributed by atoms with Crippen molar-refractivity contribution in [1.82, 2.24) is 5.32 Å². The number of benzene rings is 1.